The van der Waals surface area contributed by atoms with Gasteiger partial charge in [-0.2, -0.15) is 15.5 Å². The van der Waals surface area contributed by atoms with Crippen LogP contribution in [0.2, 0.25) is 0 Å². The summed E-state index contributed by atoms with van der Waals surface area (Å²) in [6.45, 7) is 2.58. The van der Waals surface area contributed by atoms with Crippen LogP contribution in [-0.4, -0.2) is 30.6 Å². The molecule has 0 spiro atoms. The topological polar surface area (TPSA) is 121 Å². The Kier molecular flexibility index (Phi) is 7.60. The molecule has 0 aliphatic carbocycles. The number of carbonyl (C=O) groups is 1. The van der Waals surface area contributed by atoms with Gasteiger partial charge in [0.25, 0.3) is 5.69 Å². The molecule has 0 aliphatic rings. The molecule has 0 saturated carbocycles. The van der Waals surface area contributed by atoms with E-state index in [1.165, 1.54) is 31.2 Å². The first-order valence-corrected chi connectivity index (χ1v) is 8.51. The molecule has 0 bridgehead atoms. The number of anilines is 1. The van der Waals surface area contributed by atoms with Gasteiger partial charge in [-0.05, 0) is 36.4 Å². The molecule has 9 heteroatoms. The minimum absolute atomic E-state index is 0.00508. The van der Waals surface area contributed by atoms with E-state index in [0.717, 1.165) is 5.69 Å². The zero-order valence-corrected chi connectivity index (χ0v) is 15.3. The molecule has 0 atom stereocenters. The number of nitrogens with zero attached hydrogens (tertiary/aromatic N) is 5. The Bertz CT molecular complexity index is 873. The number of esters is 1. The molecule has 2 aromatic carbocycles. The predicted molar refractivity (Wildman–Crippen MR) is 103 cm³/mol. The smallest absolute Gasteiger partial charge is 0.302 e. The molecule has 0 heterocycles. The van der Waals surface area contributed by atoms with Gasteiger partial charge >= 0.3 is 5.97 Å². The number of azo groups is 1. The van der Waals surface area contributed by atoms with Crippen LogP contribution in [0.5, 0.6) is 0 Å². The highest BCUT2D eigenvalue weighted by molar-refractivity contribution is 5.66. The van der Waals surface area contributed by atoms with Crippen molar-refractivity contribution in [1.82, 2.24) is 0 Å². The molecule has 0 unspecified atom stereocenters. The average Bonchev–Trinajstić information content (AvgIpc) is 2.69. The summed E-state index contributed by atoms with van der Waals surface area (Å²) in [5.41, 5.74) is 1.99. The molecule has 0 saturated heterocycles. The molecule has 2 rings (SSSR count). The van der Waals surface area contributed by atoms with Crippen LogP contribution in [0, 0.1) is 21.4 Å². The van der Waals surface area contributed by atoms with Crippen molar-refractivity contribution in [3.63, 3.8) is 0 Å². The van der Waals surface area contributed by atoms with Crippen LogP contribution in [0.3, 0.4) is 0 Å². The van der Waals surface area contributed by atoms with Crippen LogP contribution in [0.15, 0.2) is 58.8 Å². The van der Waals surface area contributed by atoms with E-state index in [9.17, 15) is 14.9 Å². The number of nitriles is 1. The van der Waals surface area contributed by atoms with Crippen LogP contribution in [0.25, 0.3) is 0 Å². The first-order valence-electron chi connectivity index (χ1n) is 8.51. The Labute approximate surface area is 162 Å². The Morgan fingerprint density at radius 3 is 2.18 bits per heavy atom. The molecule has 0 aromatic heterocycles. The minimum atomic E-state index is -0.473. The maximum absolute atomic E-state index is 10.9. The number of ether oxygens (including phenoxy) is 1. The van der Waals surface area contributed by atoms with Crippen molar-refractivity contribution in [1.29, 1.82) is 5.26 Å². The SMILES string of the molecule is CC(=O)OCCN(CCC#N)c1ccc(/N=N/c2ccc([N+](=O)[O-])cc2)cc1. The first-order chi connectivity index (χ1) is 13.5. The second-order valence-corrected chi connectivity index (χ2v) is 5.73. The number of carbonyl (C=O) groups excluding carboxylic acids is 1. The quantitative estimate of drug-likeness (QED) is 0.276. The van der Waals surface area contributed by atoms with Crippen molar-refractivity contribution >= 4 is 28.7 Å². The standard InChI is InChI=1S/C19H19N5O4/c1-15(25)28-14-13-23(12-2-11-20)18-7-3-16(4-8-18)21-22-17-5-9-19(10-6-17)24(26)27/h3-10H,2,12-14H2,1H3/b22-21+. The molecule has 0 N–H and O–H groups in total. The summed E-state index contributed by atoms with van der Waals surface area (Å²) in [5, 5.41) is 27.6. The van der Waals surface area contributed by atoms with Gasteiger partial charge in [0.05, 0.1) is 35.3 Å². The van der Waals surface area contributed by atoms with E-state index < -0.39 is 4.92 Å². The Morgan fingerprint density at radius 1 is 1.11 bits per heavy atom. The first kappa shape index (κ1) is 20.5. The summed E-state index contributed by atoms with van der Waals surface area (Å²) in [7, 11) is 0. The molecule has 2 aromatic rings. The van der Waals surface area contributed by atoms with Crippen molar-refractivity contribution in [2.24, 2.45) is 10.2 Å². The van der Waals surface area contributed by atoms with Crippen LogP contribution < -0.4 is 4.90 Å². The molecule has 28 heavy (non-hydrogen) atoms. The molecule has 0 amide bonds. The average molecular weight is 381 g/mol. The molecule has 144 valence electrons. The number of non-ortho nitro benzene ring substituents is 1. The Balaban J connectivity index is 2.03. The van der Waals surface area contributed by atoms with E-state index in [-0.39, 0.29) is 18.3 Å². The van der Waals surface area contributed by atoms with Gasteiger partial charge in [0, 0.05) is 31.3 Å². The van der Waals surface area contributed by atoms with Gasteiger partial charge in [-0.1, -0.05) is 0 Å². The van der Waals surface area contributed by atoms with Gasteiger partial charge in [-0.15, -0.1) is 0 Å². The van der Waals surface area contributed by atoms with Crippen molar-refractivity contribution in [2.45, 2.75) is 13.3 Å². The van der Waals surface area contributed by atoms with Crippen molar-refractivity contribution < 1.29 is 14.5 Å². The van der Waals surface area contributed by atoms with Gasteiger partial charge in [0.2, 0.25) is 0 Å². The Hall–Kier alpha value is -3.80. The van der Waals surface area contributed by atoms with E-state index in [0.29, 0.717) is 30.9 Å². The van der Waals surface area contributed by atoms with E-state index in [1.54, 1.807) is 12.1 Å². The summed E-state index contributed by atoms with van der Waals surface area (Å²) < 4.78 is 4.97. The van der Waals surface area contributed by atoms with Crippen LogP contribution in [0.1, 0.15) is 13.3 Å². The summed E-state index contributed by atoms with van der Waals surface area (Å²) in [4.78, 5) is 23.0. The lowest BCUT2D eigenvalue weighted by atomic mass is 10.2. The van der Waals surface area contributed by atoms with Gasteiger partial charge in [-0.25, -0.2) is 0 Å². The largest absolute Gasteiger partial charge is 0.464 e. The monoisotopic (exact) mass is 381 g/mol. The molecule has 0 fully saturated rings. The zero-order valence-electron chi connectivity index (χ0n) is 15.3. The summed E-state index contributed by atoms with van der Waals surface area (Å²) >= 11 is 0. The molecular weight excluding hydrogens is 362 g/mol. The van der Waals surface area contributed by atoms with Gasteiger partial charge in [0.1, 0.15) is 6.61 Å². The lowest BCUT2D eigenvalue weighted by Crippen LogP contribution is -2.28. The highest BCUT2D eigenvalue weighted by Crippen LogP contribution is 2.23. The van der Waals surface area contributed by atoms with E-state index in [4.69, 9.17) is 10.00 Å². The summed E-state index contributed by atoms with van der Waals surface area (Å²) in [5.74, 6) is -0.345. The second kappa shape index (κ2) is 10.4. The number of nitro benzene ring substituents is 1. The fourth-order valence-corrected chi connectivity index (χ4v) is 2.34. The van der Waals surface area contributed by atoms with E-state index in [1.807, 2.05) is 17.0 Å². The maximum Gasteiger partial charge on any atom is 0.302 e. The molecular formula is C19H19N5O4. The Morgan fingerprint density at radius 2 is 1.68 bits per heavy atom. The number of benzene rings is 2. The van der Waals surface area contributed by atoms with Crippen molar-refractivity contribution in [2.75, 3.05) is 24.6 Å². The number of nitro groups is 1. The number of hydrogen-bond acceptors (Lipinski definition) is 8. The predicted octanol–water partition coefficient (Wildman–Crippen LogP) is 4.29. The zero-order chi connectivity index (χ0) is 20.4. The lowest BCUT2D eigenvalue weighted by Gasteiger charge is -2.23. The van der Waals surface area contributed by atoms with Crippen molar-refractivity contribution in [3.05, 3.63) is 58.6 Å². The number of rotatable bonds is 9. The molecule has 9 nitrogen and oxygen atoms in total. The fourth-order valence-electron chi connectivity index (χ4n) is 2.34. The minimum Gasteiger partial charge on any atom is -0.464 e. The highest BCUT2D eigenvalue weighted by atomic mass is 16.6. The fraction of sp³-hybridized carbons (Fsp3) is 0.263. The third kappa shape index (κ3) is 6.49. The van der Waals surface area contributed by atoms with Crippen LogP contribution >= 0.6 is 0 Å². The van der Waals surface area contributed by atoms with E-state index in [2.05, 4.69) is 16.3 Å². The van der Waals surface area contributed by atoms with Gasteiger partial charge in [0.15, 0.2) is 0 Å². The van der Waals surface area contributed by atoms with Gasteiger partial charge < -0.3 is 9.64 Å². The second-order valence-electron chi connectivity index (χ2n) is 5.73. The lowest BCUT2D eigenvalue weighted by molar-refractivity contribution is -0.384. The van der Waals surface area contributed by atoms with Crippen LogP contribution in [0.4, 0.5) is 22.7 Å². The van der Waals surface area contributed by atoms with E-state index >= 15 is 0 Å². The van der Waals surface area contributed by atoms with Gasteiger partial charge in [-0.3, -0.25) is 14.9 Å². The maximum atomic E-state index is 10.9. The molecule has 0 radical (unpaired) electrons. The van der Waals surface area contributed by atoms with Crippen LogP contribution in [-0.2, 0) is 9.53 Å². The van der Waals surface area contributed by atoms with Crippen molar-refractivity contribution in [3.8, 4) is 6.07 Å². The molecule has 0 aliphatic heterocycles. The summed E-state index contributed by atoms with van der Waals surface area (Å²) in [6, 6.07) is 15.1. The number of hydrogen-bond donors (Lipinski definition) is 0. The normalized spacial score (nSPS) is 10.4. The highest BCUT2D eigenvalue weighted by Gasteiger charge is 2.07. The summed E-state index contributed by atoms with van der Waals surface area (Å²) in [6.07, 6.45) is 0.349. The third-order valence-electron chi connectivity index (χ3n) is 3.72. The third-order valence-corrected chi connectivity index (χ3v) is 3.72.